The van der Waals surface area contributed by atoms with E-state index in [0.29, 0.717) is 32.8 Å². The molecule has 4 aromatic rings. The zero-order chi connectivity index (χ0) is 23.6. The van der Waals surface area contributed by atoms with Crippen LogP contribution >= 0.6 is 11.3 Å². The summed E-state index contributed by atoms with van der Waals surface area (Å²) in [5, 5.41) is 2.95. The molecule has 0 atom stereocenters. The Balaban J connectivity index is 1.54. The predicted octanol–water partition coefficient (Wildman–Crippen LogP) is 4.56. The summed E-state index contributed by atoms with van der Waals surface area (Å²) in [7, 11) is -2.33. The van der Waals surface area contributed by atoms with Gasteiger partial charge in [-0.2, -0.15) is 0 Å². The predicted molar refractivity (Wildman–Crippen MR) is 128 cm³/mol. The third-order valence-electron chi connectivity index (χ3n) is 4.77. The molecule has 8 nitrogen and oxygen atoms in total. The topological polar surface area (TPSA) is 114 Å². The highest BCUT2D eigenvalue weighted by Crippen LogP contribution is 2.29. The average Bonchev–Trinajstić information content (AvgIpc) is 3.20. The van der Waals surface area contributed by atoms with Crippen molar-refractivity contribution in [3.05, 3.63) is 77.9 Å². The first-order chi connectivity index (χ1) is 15.7. The summed E-state index contributed by atoms with van der Waals surface area (Å²) in [5.74, 6) is 0.0981. The number of Topliss-reactive ketones (excluding diaryl/α,β-unsaturated/α-hetero) is 1. The quantitative estimate of drug-likeness (QED) is 0.374. The Morgan fingerprint density at radius 2 is 1.73 bits per heavy atom. The number of rotatable bonds is 7. The van der Waals surface area contributed by atoms with Gasteiger partial charge in [-0.3, -0.25) is 14.3 Å². The molecule has 3 aromatic carbocycles. The summed E-state index contributed by atoms with van der Waals surface area (Å²) in [4.78, 5) is 28.6. The van der Waals surface area contributed by atoms with Gasteiger partial charge in [-0.05, 0) is 61.5 Å². The molecule has 168 valence electrons. The number of nitrogens with one attached hydrogen (secondary N) is 2. The van der Waals surface area contributed by atoms with E-state index < -0.39 is 10.0 Å². The number of aromatic nitrogens is 1. The Kier molecular flexibility index (Phi) is 6.12. The Labute approximate surface area is 194 Å². The monoisotopic (exact) mass is 481 g/mol. The van der Waals surface area contributed by atoms with Crippen LogP contribution in [-0.4, -0.2) is 32.2 Å². The molecule has 1 heterocycles. The Hall–Kier alpha value is -3.76. The van der Waals surface area contributed by atoms with E-state index in [4.69, 9.17) is 4.74 Å². The van der Waals surface area contributed by atoms with Crippen LogP contribution in [0.25, 0.3) is 10.2 Å². The van der Waals surface area contributed by atoms with Crippen LogP contribution in [0.15, 0.2) is 71.6 Å². The fourth-order valence-electron chi connectivity index (χ4n) is 3.06. The lowest BCUT2D eigenvalue weighted by molar-refractivity contribution is 0.101. The van der Waals surface area contributed by atoms with Crippen molar-refractivity contribution >= 4 is 54.1 Å². The van der Waals surface area contributed by atoms with Gasteiger partial charge < -0.3 is 10.1 Å². The van der Waals surface area contributed by atoms with Gasteiger partial charge in [-0.1, -0.05) is 23.5 Å². The average molecular weight is 482 g/mol. The number of anilines is 2. The van der Waals surface area contributed by atoms with Crippen molar-refractivity contribution in [2.24, 2.45) is 0 Å². The second kappa shape index (κ2) is 9.00. The van der Waals surface area contributed by atoms with Crippen LogP contribution in [0.1, 0.15) is 27.6 Å². The van der Waals surface area contributed by atoms with Crippen LogP contribution in [0.5, 0.6) is 5.75 Å². The van der Waals surface area contributed by atoms with Gasteiger partial charge in [0.05, 0.1) is 22.2 Å². The van der Waals surface area contributed by atoms with Crippen molar-refractivity contribution in [3.63, 3.8) is 0 Å². The van der Waals surface area contributed by atoms with Crippen molar-refractivity contribution in [1.29, 1.82) is 0 Å². The molecule has 0 aliphatic carbocycles. The molecule has 0 aliphatic rings. The van der Waals surface area contributed by atoms with Gasteiger partial charge >= 0.3 is 0 Å². The highest BCUT2D eigenvalue weighted by atomic mass is 32.2. The maximum absolute atomic E-state index is 12.7. The number of ketones is 1. The number of sulfonamides is 1. The van der Waals surface area contributed by atoms with Crippen LogP contribution in [0.4, 0.5) is 10.8 Å². The number of hydrogen-bond acceptors (Lipinski definition) is 7. The van der Waals surface area contributed by atoms with E-state index in [1.54, 1.807) is 54.6 Å². The van der Waals surface area contributed by atoms with Gasteiger partial charge in [0, 0.05) is 16.8 Å². The number of nitrogens with zero attached hydrogens (tertiary/aromatic N) is 1. The largest absolute Gasteiger partial charge is 0.497 e. The lowest BCUT2D eigenvalue weighted by atomic mass is 10.1. The summed E-state index contributed by atoms with van der Waals surface area (Å²) < 4.78 is 33.5. The number of carbonyl (C=O) groups is 2. The SMILES string of the molecule is COc1ccc(S(=O)(=O)Nc2nc3ccc(C(=O)Nc4cccc(C(C)=O)c4)cc3s2)cc1. The van der Waals surface area contributed by atoms with E-state index in [9.17, 15) is 18.0 Å². The fraction of sp³-hybridized carbons (Fsp3) is 0.0870. The first-order valence-electron chi connectivity index (χ1n) is 9.75. The second-order valence-corrected chi connectivity index (χ2v) is 9.79. The van der Waals surface area contributed by atoms with E-state index in [0.717, 1.165) is 11.3 Å². The number of methoxy groups -OCH3 is 1. The van der Waals surface area contributed by atoms with Crippen LogP contribution in [0.2, 0.25) is 0 Å². The Bertz CT molecular complexity index is 1460. The van der Waals surface area contributed by atoms with Crippen molar-refractivity contribution in [2.45, 2.75) is 11.8 Å². The first kappa shape index (κ1) is 22.4. The molecule has 2 N–H and O–H groups in total. The molecule has 33 heavy (non-hydrogen) atoms. The molecule has 0 fully saturated rings. The number of benzene rings is 3. The molecule has 1 aromatic heterocycles. The molecule has 1 amide bonds. The molecule has 0 saturated heterocycles. The van der Waals surface area contributed by atoms with Crippen LogP contribution in [0, 0.1) is 0 Å². The summed E-state index contributed by atoms with van der Waals surface area (Å²) in [6.07, 6.45) is 0. The molecule has 0 saturated carbocycles. The molecule has 0 bridgehead atoms. The minimum atomic E-state index is -3.83. The standard InChI is InChI=1S/C23H19N3O5S2/c1-14(27)15-4-3-5-17(12-15)24-22(28)16-6-11-20-21(13-16)32-23(25-20)26-33(29,30)19-9-7-18(31-2)8-10-19/h3-13H,1-2H3,(H,24,28)(H,25,26). The molecule has 0 aliphatic heterocycles. The summed E-state index contributed by atoms with van der Waals surface area (Å²) in [6.45, 7) is 1.46. The van der Waals surface area contributed by atoms with Crippen LogP contribution in [0.3, 0.4) is 0 Å². The van der Waals surface area contributed by atoms with Gasteiger partial charge in [0.25, 0.3) is 15.9 Å². The van der Waals surface area contributed by atoms with Crippen molar-refractivity contribution in [1.82, 2.24) is 4.98 Å². The highest BCUT2D eigenvalue weighted by molar-refractivity contribution is 7.93. The lowest BCUT2D eigenvalue weighted by Gasteiger charge is -2.06. The van der Waals surface area contributed by atoms with Gasteiger partial charge in [0.1, 0.15) is 5.75 Å². The zero-order valence-corrected chi connectivity index (χ0v) is 19.3. The van der Waals surface area contributed by atoms with Crippen molar-refractivity contribution in [3.8, 4) is 5.75 Å². The summed E-state index contributed by atoms with van der Waals surface area (Å²) in [5.41, 5.74) is 1.94. The number of fused-ring (bicyclic) bond motifs is 1. The number of amides is 1. The van der Waals surface area contributed by atoms with E-state index in [1.807, 2.05) is 0 Å². The van der Waals surface area contributed by atoms with E-state index in [2.05, 4.69) is 15.0 Å². The van der Waals surface area contributed by atoms with Crippen LogP contribution < -0.4 is 14.8 Å². The molecule has 0 spiro atoms. The molecule has 0 radical (unpaired) electrons. The highest BCUT2D eigenvalue weighted by Gasteiger charge is 2.17. The number of hydrogen-bond donors (Lipinski definition) is 2. The van der Waals surface area contributed by atoms with E-state index >= 15 is 0 Å². The minimum absolute atomic E-state index is 0.0791. The third kappa shape index (κ3) is 5.02. The van der Waals surface area contributed by atoms with Gasteiger partial charge in [0.2, 0.25) is 0 Å². The third-order valence-corrected chi connectivity index (χ3v) is 7.19. The minimum Gasteiger partial charge on any atom is -0.497 e. The summed E-state index contributed by atoms with van der Waals surface area (Å²) >= 11 is 1.12. The number of carbonyl (C=O) groups excluding carboxylic acids is 2. The van der Waals surface area contributed by atoms with Crippen LogP contribution in [-0.2, 0) is 10.0 Å². The molecular formula is C23H19N3O5S2. The van der Waals surface area contributed by atoms with Crippen molar-refractivity contribution < 1.29 is 22.7 Å². The first-order valence-corrected chi connectivity index (χ1v) is 12.0. The van der Waals surface area contributed by atoms with Crippen molar-refractivity contribution in [2.75, 3.05) is 17.1 Å². The van der Waals surface area contributed by atoms with Gasteiger partial charge in [-0.15, -0.1) is 0 Å². The smallest absolute Gasteiger partial charge is 0.263 e. The maximum Gasteiger partial charge on any atom is 0.263 e. The summed E-state index contributed by atoms with van der Waals surface area (Å²) in [6, 6.07) is 17.6. The lowest BCUT2D eigenvalue weighted by Crippen LogP contribution is -2.12. The zero-order valence-electron chi connectivity index (χ0n) is 17.7. The maximum atomic E-state index is 12.7. The normalized spacial score (nSPS) is 11.2. The molecule has 10 heteroatoms. The fourth-order valence-corrected chi connectivity index (χ4v) is 5.20. The Morgan fingerprint density at radius 1 is 0.970 bits per heavy atom. The number of thiazole rings is 1. The molecular weight excluding hydrogens is 462 g/mol. The van der Waals surface area contributed by atoms with Gasteiger partial charge in [0.15, 0.2) is 10.9 Å². The molecule has 0 unspecified atom stereocenters. The second-order valence-electron chi connectivity index (χ2n) is 7.07. The number of ether oxygens (including phenoxy) is 1. The molecule has 4 rings (SSSR count). The van der Waals surface area contributed by atoms with Gasteiger partial charge in [-0.25, -0.2) is 13.4 Å². The Morgan fingerprint density at radius 3 is 2.42 bits per heavy atom. The van der Waals surface area contributed by atoms with E-state index in [-0.39, 0.29) is 21.7 Å². The van der Waals surface area contributed by atoms with E-state index in [1.165, 1.54) is 26.2 Å².